The van der Waals surface area contributed by atoms with Crippen molar-refractivity contribution in [3.05, 3.63) is 59.7 Å². The zero-order chi connectivity index (χ0) is 22.2. The summed E-state index contributed by atoms with van der Waals surface area (Å²) in [6, 6.07) is 15.5. The van der Waals surface area contributed by atoms with E-state index in [4.69, 9.17) is 4.74 Å². The van der Waals surface area contributed by atoms with Gasteiger partial charge < -0.3 is 10.1 Å². The zero-order valence-electron chi connectivity index (χ0n) is 17.1. The second kappa shape index (κ2) is 10.6. The number of rotatable bonds is 6. The number of nitriles is 1. The van der Waals surface area contributed by atoms with Crippen molar-refractivity contribution >= 4 is 29.7 Å². The van der Waals surface area contributed by atoms with Crippen LogP contribution in [0.1, 0.15) is 48.5 Å². The lowest BCUT2D eigenvalue weighted by atomic mass is 10.2. The molecule has 1 aliphatic carbocycles. The number of urea groups is 1. The van der Waals surface area contributed by atoms with Crippen LogP contribution in [0.25, 0.3) is 0 Å². The molecule has 0 spiro atoms. The first-order valence-corrected chi connectivity index (χ1v) is 10.9. The minimum Gasteiger partial charge on any atom is -0.449 e. The predicted molar refractivity (Wildman–Crippen MR) is 116 cm³/mol. The predicted octanol–water partition coefficient (Wildman–Crippen LogP) is 4.02. The van der Waals surface area contributed by atoms with Gasteiger partial charge in [0, 0.05) is 15.8 Å². The van der Waals surface area contributed by atoms with E-state index in [9.17, 15) is 19.6 Å². The van der Waals surface area contributed by atoms with E-state index in [1.165, 1.54) is 18.7 Å². The Morgan fingerprint density at radius 1 is 1.06 bits per heavy atom. The topological polar surface area (TPSA) is 108 Å². The normalized spacial score (nSPS) is 14.3. The number of esters is 1. The average Bonchev–Trinajstić information content (AvgIpc) is 3.27. The Morgan fingerprint density at radius 2 is 1.71 bits per heavy atom. The Hall–Kier alpha value is -3.31. The molecule has 3 rings (SSSR count). The second-order valence-electron chi connectivity index (χ2n) is 7.20. The molecule has 3 amide bonds. The quantitative estimate of drug-likeness (QED) is 0.661. The van der Waals surface area contributed by atoms with Gasteiger partial charge in [-0.15, -0.1) is 0 Å². The fraction of sp³-hybridized carbons (Fsp3) is 0.304. The number of hydrogen-bond acceptors (Lipinski definition) is 6. The van der Waals surface area contributed by atoms with Crippen molar-refractivity contribution in [3.63, 3.8) is 0 Å². The lowest BCUT2D eigenvalue weighted by molar-refractivity contribution is -0.127. The van der Waals surface area contributed by atoms with E-state index < -0.39 is 24.0 Å². The van der Waals surface area contributed by atoms with Crippen LogP contribution in [0.4, 0.5) is 4.79 Å². The van der Waals surface area contributed by atoms with Crippen LogP contribution in [0.3, 0.4) is 0 Å². The molecule has 2 aromatic rings. The van der Waals surface area contributed by atoms with Crippen molar-refractivity contribution in [1.82, 2.24) is 10.6 Å². The number of imide groups is 1. The maximum atomic E-state index is 12.7. The van der Waals surface area contributed by atoms with E-state index >= 15 is 0 Å². The largest absolute Gasteiger partial charge is 0.449 e. The van der Waals surface area contributed by atoms with E-state index in [0.29, 0.717) is 15.4 Å². The van der Waals surface area contributed by atoms with Gasteiger partial charge in [0.15, 0.2) is 6.10 Å². The van der Waals surface area contributed by atoms with Crippen molar-refractivity contribution in [2.75, 3.05) is 0 Å². The van der Waals surface area contributed by atoms with E-state index in [2.05, 4.69) is 16.7 Å². The minimum atomic E-state index is -1.15. The van der Waals surface area contributed by atoms with Gasteiger partial charge in [0.25, 0.3) is 5.91 Å². The summed E-state index contributed by atoms with van der Waals surface area (Å²) < 4.78 is 5.29. The number of benzene rings is 2. The molecule has 1 unspecified atom stereocenters. The van der Waals surface area contributed by atoms with E-state index in [0.717, 1.165) is 25.7 Å². The molecule has 0 saturated heterocycles. The molecule has 0 aliphatic heterocycles. The molecule has 7 nitrogen and oxygen atoms in total. The number of hydrogen-bond donors (Lipinski definition) is 2. The summed E-state index contributed by atoms with van der Waals surface area (Å²) in [5.74, 6) is -1.37. The number of carbonyl (C=O) groups is 3. The summed E-state index contributed by atoms with van der Waals surface area (Å²) in [6.45, 7) is 1.41. The Morgan fingerprint density at radius 3 is 2.42 bits per heavy atom. The third-order valence-corrected chi connectivity index (χ3v) is 6.07. The molecule has 160 valence electrons. The Bertz CT molecular complexity index is 1010. The zero-order valence-corrected chi connectivity index (χ0v) is 17.9. The van der Waals surface area contributed by atoms with Gasteiger partial charge >= 0.3 is 12.0 Å². The molecular formula is C23H23N3O4S. The van der Waals surface area contributed by atoms with Gasteiger partial charge in [-0.25, -0.2) is 9.59 Å². The van der Waals surface area contributed by atoms with Gasteiger partial charge in [-0.2, -0.15) is 5.26 Å². The maximum Gasteiger partial charge on any atom is 0.340 e. The first-order valence-electron chi connectivity index (χ1n) is 10.1. The van der Waals surface area contributed by atoms with Gasteiger partial charge in [0.1, 0.15) is 6.07 Å². The molecular weight excluding hydrogens is 414 g/mol. The van der Waals surface area contributed by atoms with Crippen LogP contribution >= 0.6 is 11.8 Å². The van der Waals surface area contributed by atoms with Crippen molar-refractivity contribution in [2.45, 2.75) is 54.5 Å². The smallest absolute Gasteiger partial charge is 0.340 e. The molecule has 0 heterocycles. The number of nitrogens with one attached hydrogen (secondary N) is 2. The molecule has 0 radical (unpaired) electrons. The average molecular weight is 438 g/mol. The number of amides is 3. The minimum absolute atomic E-state index is 0.0749. The van der Waals surface area contributed by atoms with Gasteiger partial charge in [0.05, 0.1) is 11.1 Å². The lowest BCUT2D eigenvalue weighted by Gasteiger charge is -2.16. The summed E-state index contributed by atoms with van der Waals surface area (Å²) in [5, 5.41) is 14.3. The van der Waals surface area contributed by atoms with Crippen molar-refractivity contribution in [1.29, 1.82) is 5.26 Å². The van der Waals surface area contributed by atoms with Crippen molar-refractivity contribution in [3.8, 4) is 6.07 Å². The van der Waals surface area contributed by atoms with Gasteiger partial charge in [-0.05, 0) is 44.0 Å². The third kappa shape index (κ3) is 6.09. The van der Waals surface area contributed by atoms with Gasteiger partial charge in [-0.3, -0.25) is 10.1 Å². The molecule has 0 aromatic heterocycles. The molecule has 2 aromatic carbocycles. The van der Waals surface area contributed by atoms with Crippen molar-refractivity contribution < 1.29 is 19.1 Å². The maximum absolute atomic E-state index is 12.7. The number of ether oxygens (including phenoxy) is 1. The Labute approximate surface area is 185 Å². The molecule has 2 N–H and O–H groups in total. The Balaban J connectivity index is 1.63. The summed E-state index contributed by atoms with van der Waals surface area (Å²) >= 11 is 1.27. The Kier molecular flexibility index (Phi) is 7.68. The van der Waals surface area contributed by atoms with Crippen LogP contribution < -0.4 is 10.6 Å². The monoisotopic (exact) mass is 437 g/mol. The van der Waals surface area contributed by atoms with Crippen LogP contribution in [0.5, 0.6) is 0 Å². The summed E-state index contributed by atoms with van der Waals surface area (Å²) in [6.07, 6.45) is 2.77. The number of carbonyl (C=O) groups excluding carboxylic acids is 3. The first-order chi connectivity index (χ1) is 15.0. The summed E-state index contributed by atoms with van der Waals surface area (Å²) in [4.78, 5) is 38.3. The molecule has 31 heavy (non-hydrogen) atoms. The van der Waals surface area contributed by atoms with Crippen LogP contribution in [0.2, 0.25) is 0 Å². The lowest BCUT2D eigenvalue weighted by Crippen LogP contribution is -2.47. The highest BCUT2D eigenvalue weighted by molar-refractivity contribution is 7.99. The molecule has 1 aliphatic rings. The summed E-state index contributed by atoms with van der Waals surface area (Å²) in [5.41, 5.74) is 0.770. The standard InChI is InChI=1S/C23H23N3O4S/c1-15(21(27)26-23(29)25-17-9-3-4-10-17)30-22(28)18-11-5-7-13-20(18)31-19-12-6-2-8-16(19)14-24/h2,5-8,11-13,15,17H,3-4,9-10H2,1H3,(H2,25,26,27,29). The highest BCUT2D eigenvalue weighted by Gasteiger charge is 2.24. The van der Waals surface area contributed by atoms with E-state index in [-0.39, 0.29) is 11.6 Å². The fourth-order valence-corrected chi connectivity index (χ4v) is 4.29. The van der Waals surface area contributed by atoms with Crippen LogP contribution in [-0.2, 0) is 9.53 Å². The van der Waals surface area contributed by atoms with Crippen molar-refractivity contribution in [2.24, 2.45) is 0 Å². The van der Waals surface area contributed by atoms with Crippen LogP contribution in [0.15, 0.2) is 58.3 Å². The fourth-order valence-electron chi connectivity index (χ4n) is 3.27. The molecule has 0 bridgehead atoms. The summed E-state index contributed by atoms with van der Waals surface area (Å²) in [7, 11) is 0. The van der Waals surface area contributed by atoms with E-state index in [1.54, 1.807) is 42.5 Å². The molecule has 1 fully saturated rings. The van der Waals surface area contributed by atoms with E-state index in [1.807, 2.05) is 6.07 Å². The molecule has 1 saturated carbocycles. The third-order valence-electron chi connectivity index (χ3n) is 4.91. The highest BCUT2D eigenvalue weighted by Crippen LogP contribution is 2.33. The van der Waals surface area contributed by atoms with Gasteiger partial charge in [0.2, 0.25) is 0 Å². The first kappa shape index (κ1) is 22.4. The van der Waals surface area contributed by atoms with Crippen LogP contribution in [-0.4, -0.2) is 30.1 Å². The number of nitrogens with zero attached hydrogens (tertiary/aromatic N) is 1. The van der Waals surface area contributed by atoms with Gasteiger partial charge in [-0.1, -0.05) is 48.9 Å². The molecule has 1 atom stereocenters. The highest BCUT2D eigenvalue weighted by atomic mass is 32.2. The second-order valence-corrected chi connectivity index (χ2v) is 8.28. The SMILES string of the molecule is CC(OC(=O)c1ccccc1Sc1ccccc1C#N)C(=O)NC(=O)NC1CCCC1. The van der Waals surface area contributed by atoms with Crippen LogP contribution in [0, 0.1) is 11.3 Å². The molecule has 8 heteroatoms.